The lowest BCUT2D eigenvalue weighted by Gasteiger charge is -2.33. The molecule has 128 valence electrons. The number of rotatable bonds is 4. The van der Waals surface area contributed by atoms with Crippen LogP contribution in [0.15, 0.2) is 29.6 Å². The smallest absolute Gasteiger partial charge is 0.317 e. The Labute approximate surface area is 146 Å². The molecule has 1 aliphatic rings. The summed E-state index contributed by atoms with van der Waals surface area (Å²) < 4.78 is 5.36. The predicted molar refractivity (Wildman–Crippen MR) is 96.4 cm³/mol. The maximum Gasteiger partial charge on any atom is 0.317 e. The first kappa shape index (κ1) is 16.9. The van der Waals surface area contributed by atoms with E-state index in [0.717, 1.165) is 22.7 Å². The van der Waals surface area contributed by atoms with Crippen LogP contribution in [0.25, 0.3) is 11.3 Å². The molecule has 0 aliphatic carbocycles. The molecule has 0 unspecified atom stereocenters. The summed E-state index contributed by atoms with van der Waals surface area (Å²) in [6.07, 6.45) is 0.820. The summed E-state index contributed by atoms with van der Waals surface area (Å²) in [4.78, 5) is 18.5. The fraction of sp³-hybridized carbons (Fsp3) is 0.444. The van der Waals surface area contributed by atoms with Crippen molar-refractivity contribution in [3.63, 3.8) is 0 Å². The molecule has 1 aromatic carbocycles. The highest BCUT2D eigenvalue weighted by atomic mass is 32.1. The summed E-state index contributed by atoms with van der Waals surface area (Å²) in [5, 5.41) is 6.16. The molecule has 1 saturated heterocycles. The Morgan fingerprint density at radius 2 is 2.21 bits per heavy atom. The molecule has 0 saturated carbocycles. The van der Waals surface area contributed by atoms with E-state index in [-0.39, 0.29) is 12.1 Å². The van der Waals surface area contributed by atoms with Crippen molar-refractivity contribution in [1.29, 1.82) is 0 Å². The van der Waals surface area contributed by atoms with Crippen LogP contribution in [0.4, 0.5) is 4.79 Å². The average Bonchev–Trinajstić information content (AvgIpc) is 3.02. The van der Waals surface area contributed by atoms with Crippen molar-refractivity contribution < 1.29 is 9.53 Å². The summed E-state index contributed by atoms with van der Waals surface area (Å²) in [6, 6.07) is 8.53. The number of hydrogen-bond acceptors (Lipinski definition) is 4. The van der Waals surface area contributed by atoms with E-state index < -0.39 is 0 Å². The zero-order chi connectivity index (χ0) is 16.9. The van der Waals surface area contributed by atoms with E-state index in [2.05, 4.69) is 39.9 Å². The Kier molecular flexibility index (Phi) is 5.48. The Morgan fingerprint density at radius 3 is 2.88 bits per heavy atom. The van der Waals surface area contributed by atoms with Gasteiger partial charge in [-0.1, -0.05) is 24.3 Å². The van der Waals surface area contributed by atoms with Gasteiger partial charge in [-0.15, -0.1) is 11.3 Å². The second-order valence-electron chi connectivity index (χ2n) is 6.05. The topological polar surface area (TPSA) is 54.5 Å². The number of nitrogens with one attached hydrogen (secondary N) is 1. The summed E-state index contributed by atoms with van der Waals surface area (Å²) in [6.45, 7) is 6.56. The number of aryl methyl sites for hydroxylation is 1. The number of thiazole rings is 1. The van der Waals surface area contributed by atoms with E-state index in [1.54, 1.807) is 11.3 Å². The van der Waals surface area contributed by atoms with Gasteiger partial charge in [-0.25, -0.2) is 9.78 Å². The zero-order valence-corrected chi connectivity index (χ0v) is 14.9. The molecule has 24 heavy (non-hydrogen) atoms. The number of nitrogens with zero attached hydrogens (tertiary/aromatic N) is 2. The normalized spacial score (nSPS) is 17.8. The molecule has 1 aliphatic heterocycles. The summed E-state index contributed by atoms with van der Waals surface area (Å²) in [7, 11) is 0. The van der Waals surface area contributed by atoms with Crippen molar-refractivity contribution in [3.05, 3.63) is 40.2 Å². The van der Waals surface area contributed by atoms with E-state index in [1.165, 1.54) is 5.56 Å². The lowest BCUT2D eigenvalue weighted by molar-refractivity contribution is 0.0191. The fourth-order valence-corrected chi connectivity index (χ4v) is 3.40. The maximum absolute atomic E-state index is 12.2. The third-order valence-electron chi connectivity index (χ3n) is 4.19. The highest BCUT2D eigenvalue weighted by molar-refractivity contribution is 7.09. The summed E-state index contributed by atoms with van der Waals surface area (Å²) in [5.41, 5.74) is 3.37. The van der Waals surface area contributed by atoms with Crippen molar-refractivity contribution >= 4 is 17.4 Å². The minimum Gasteiger partial charge on any atom is -0.377 e. The first-order valence-corrected chi connectivity index (χ1v) is 9.15. The second-order valence-corrected chi connectivity index (χ2v) is 7.11. The van der Waals surface area contributed by atoms with Gasteiger partial charge in [-0.05, 0) is 25.8 Å². The number of amides is 2. The first-order valence-electron chi connectivity index (χ1n) is 8.27. The quantitative estimate of drug-likeness (QED) is 0.926. The number of hydrogen-bond donors (Lipinski definition) is 1. The Hall–Kier alpha value is -1.92. The van der Waals surface area contributed by atoms with Crippen LogP contribution in [-0.2, 0) is 11.2 Å². The molecule has 5 nitrogen and oxygen atoms in total. The van der Waals surface area contributed by atoms with Crippen LogP contribution in [0.1, 0.15) is 17.5 Å². The van der Waals surface area contributed by atoms with Gasteiger partial charge >= 0.3 is 6.03 Å². The summed E-state index contributed by atoms with van der Waals surface area (Å²) in [5.74, 6) is 0. The molecule has 3 rings (SSSR count). The van der Waals surface area contributed by atoms with Gasteiger partial charge in [0.25, 0.3) is 0 Å². The molecule has 1 N–H and O–H groups in total. The molecule has 2 amide bonds. The van der Waals surface area contributed by atoms with E-state index in [0.29, 0.717) is 26.3 Å². The maximum atomic E-state index is 12.2. The summed E-state index contributed by atoms with van der Waals surface area (Å²) >= 11 is 1.66. The van der Waals surface area contributed by atoms with Gasteiger partial charge in [0.2, 0.25) is 0 Å². The third-order valence-corrected chi connectivity index (χ3v) is 4.96. The van der Waals surface area contributed by atoms with E-state index in [1.807, 2.05) is 18.7 Å². The van der Waals surface area contributed by atoms with Crippen molar-refractivity contribution in [1.82, 2.24) is 15.2 Å². The molecule has 6 heteroatoms. The molecular formula is C18H23N3O2S. The van der Waals surface area contributed by atoms with Crippen LogP contribution < -0.4 is 5.32 Å². The molecule has 1 atom stereocenters. The molecule has 1 fully saturated rings. The van der Waals surface area contributed by atoms with Crippen molar-refractivity contribution in [2.24, 2.45) is 0 Å². The molecule has 2 aromatic rings. The first-order chi connectivity index (χ1) is 11.6. The van der Waals surface area contributed by atoms with Crippen molar-refractivity contribution in [3.8, 4) is 11.3 Å². The van der Waals surface area contributed by atoms with Crippen LogP contribution in [0, 0.1) is 6.92 Å². The molecule has 0 spiro atoms. The van der Waals surface area contributed by atoms with E-state index in [9.17, 15) is 4.79 Å². The lowest BCUT2D eigenvalue weighted by Crippen LogP contribution is -2.51. The van der Waals surface area contributed by atoms with Gasteiger partial charge in [-0.2, -0.15) is 0 Å². The lowest BCUT2D eigenvalue weighted by atomic mass is 10.1. The molecular weight excluding hydrogens is 322 g/mol. The highest BCUT2D eigenvalue weighted by Gasteiger charge is 2.23. The predicted octanol–water partition coefficient (Wildman–Crippen LogP) is 3.09. The third kappa shape index (κ3) is 4.13. The highest BCUT2D eigenvalue weighted by Crippen LogP contribution is 2.21. The van der Waals surface area contributed by atoms with Gasteiger partial charge in [0.1, 0.15) is 0 Å². The molecule has 0 bridgehead atoms. The number of morpholine rings is 1. The van der Waals surface area contributed by atoms with Crippen molar-refractivity contribution in [2.75, 3.05) is 26.3 Å². The zero-order valence-electron chi connectivity index (χ0n) is 14.1. The number of urea groups is 1. The van der Waals surface area contributed by atoms with Crippen LogP contribution in [-0.4, -0.2) is 48.3 Å². The molecule has 2 heterocycles. The van der Waals surface area contributed by atoms with Gasteiger partial charge in [0, 0.05) is 24.0 Å². The standard InChI is InChI=1S/C18H23N3O2S/c1-13-11-23-10-9-21(13)18(22)19-8-7-15-3-5-16(6-4-15)17-12-24-14(2)20-17/h3-6,12-13H,7-11H2,1-2H3,(H,19,22)/t13-/m1/s1. The van der Waals surface area contributed by atoms with Crippen LogP contribution >= 0.6 is 11.3 Å². The minimum atomic E-state index is 0.000341. The minimum absolute atomic E-state index is 0.000341. The van der Waals surface area contributed by atoms with Gasteiger partial charge < -0.3 is 15.0 Å². The van der Waals surface area contributed by atoms with E-state index in [4.69, 9.17) is 4.74 Å². The number of ether oxygens (including phenoxy) is 1. The Balaban J connectivity index is 1.49. The Morgan fingerprint density at radius 1 is 1.42 bits per heavy atom. The second kappa shape index (κ2) is 7.77. The van der Waals surface area contributed by atoms with Gasteiger partial charge in [0.15, 0.2) is 0 Å². The van der Waals surface area contributed by atoms with Crippen LogP contribution in [0.5, 0.6) is 0 Å². The Bertz CT molecular complexity index is 684. The fourth-order valence-electron chi connectivity index (χ4n) is 2.78. The van der Waals surface area contributed by atoms with Gasteiger partial charge in [0.05, 0.1) is 30.0 Å². The van der Waals surface area contributed by atoms with Crippen LogP contribution in [0.2, 0.25) is 0 Å². The SMILES string of the molecule is Cc1nc(-c2ccc(CCNC(=O)N3CCOC[C@H]3C)cc2)cs1. The van der Waals surface area contributed by atoms with Gasteiger partial charge in [-0.3, -0.25) is 0 Å². The molecule has 1 aromatic heterocycles. The number of carbonyl (C=O) groups is 1. The largest absolute Gasteiger partial charge is 0.377 e. The van der Waals surface area contributed by atoms with Crippen molar-refractivity contribution in [2.45, 2.75) is 26.3 Å². The number of aromatic nitrogens is 1. The monoisotopic (exact) mass is 345 g/mol. The number of carbonyl (C=O) groups excluding carboxylic acids is 1. The molecule has 0 radical (unpaired) electrons. The average molecular weight is 345 g/mol. The number of benzene rings is 1. The van der Waals surface area contributed by atoms with Crippen LogP contribution in [0.3, 0.4) is 0 Å². The van der Waals surface area contributed by atoms with E-state index >= 15 is 0 Å².